The summed E-state index contributed by atoms with van der Waals surface area (Å²) in [6, 6.07) is 12.3. The normalized spacial score (nSPS) is 13.5. The van der Waals surface area contributed by atoms with Crippen LogP contribution in [0.1, 0.15) is 47.3 Å². The molecule has 11 heteroatoms. The quantitative estimate of drug-likeness (QED) is 0.362. The first kappa shape index (κ1) is 24.6. The van der Waals surface area contributed by atoms with Crippen molar-refractivity contribution in [3.63, 3.8) is 0 Å². The van der Waals surface area contributed by atoms with E-state index in [1.54, 1.807) is 24.3 Å². The maximum absolute atomic E-state index is 12.8. The Morgan fingerprint density at radius 3 is 2.57 bits per heavy atom. The first-order valence-corrected chi connectivity index (χ1v) is 12.7. The summed E-state index contributed by atoms with van der Waals surface area (Å²) in [6.07, 6.45) is 3.39. The minimum Gasteiger partial charge on any atom is -0.365 e. The number of benzene rings is 1. The van der Waals surface area contributed by atoms with Crippen molar-refractivity contribution in [2.24, 2.45) is 5.73 Å². The third kappa shape index (κ3) is 5.42. The number of primary amides is 1. The van der Waals surface area contributed by atoms with Gasteiger partial charge in [-0.2, -0.15) is 5.06 Å². The van der Waals surface area contributed by atoms with E-state index >= 15 is 0 Å². The standard InChI is InChI=1S/C24H28N6O4S/c1-4-34-30(22-7-5-6-15(2)28-22)23-13-20(18(14-27-23)24(25)31)29-19-11-10-17(16-8-9-16)12-21(19)35(32,33)26-3/h5-7,10-14,16,26H,4,8-9H2,1-3H3,(H2,25,31)(H,27,29). The molecule has 0 unspecified atom stereocenters. The lowest BCUT2D eigenvalue weighted by atomic mass is 10.1. The zero-order valence-corrected chi connectivity index (χ0v) is 20.6. The summed E-state index contributed by atoms with van der Waals surface area (Å²) < 4.78 is 28.0. The summed E-state index contributed by atoms with van der Waals surface area (Å²) in [7, 11) is -2.42. The Hall–Kier alpha value is -3.54. The van der Waals surface area contributed by atoms with E-state index in [0.29, 0.717) is 29.8 Å². The van der Waals surface area contributed by atoms with Gasteiger partial charge in [0.25, 0.3) is 5.91 Å². The fourth-order valence-electron chi connectivity index (χ4n) is 3.67. The molecule has 184 valence electrons. The first-order chi connectivity index (χ1) is 16.7. The van der Waals surface area contributed by atoms with Crippen LogP contribution in [0.25, 0.3) is 0 Å². The van der Waals surface area contributed by atoms with Gasteiger partial charge in [-0.05, 0) is 69.5 Å². The van der Waals surface area contributed by atoms with Crippen molar-refractivity contribution >= 4 is 38.9 Å². The van der Waals surface area contributed by atoms with Gasteiger partial charge < -0.3 is 11.1 Å². The van der Waals surface area contributed by atoms with Crippen LogP contribution in [0.3, 0.4) is 0 Å². The van der Waals surface area contributed by atoms with Crippen LogP contribution in [0.15, 0.2) is 53.6 Å². The molecule has 1 aliphatic carbocycles. The molecule has 0 radical (unpaired) electrons. The Kier molecular flexibility index (Phi) is 7.01. The third-order valence-electron chi connectivity index (χ3n) is 5.58. The lowest BCUT2D eigenvalue weighted by molar-refractivity contribution is 0.100. The molecule has 0 bridgehead atoms. The molecular formula is C24H28N6O4S. The fraction of sp³-hybridized carbons (Fsp3) is 0.292. The van der Waals surface area contributed by atoms with Crippen molar-refractivity contribution < 1.29 is 18.0 Å². The van der Waals surface area contributed by atoms with Crippen LogP contribution in [-0.2, 0) is 14.9 Å². The van der Waals surface area contributed by atoms with Gasteiger partial charge in [-0.25, -0.2) is 23.1 Å². The number of sulfonamides is 1. The molecule has 1 aromatic carbocycles. The Bertz CT molecular complexity index is 1360. The molecule has 1 saturated carbocycles. The summed E-state index contributed by atoms with van der Waals surface area (Å²) in [4.78, 5) is 26.9. The molecule has 0 spiro atoms. The van der Waals surface area contributed by atoms with Crippen LogP contribution >= 0.6 is 0 Å². The number of hydrogen-bond acceptors (Lipinski definition) is 8. The fourth-order valence-corrected chi connectivity index (χ4v) is 4.59. The SMILES string of the molecule is CCON(c1cc(Nc2ccc(C3CC3)cc2S(=O)(=O)NC)c(C(N)=O)cn1)c1cccc(C)n1. The number of aromatic nitrogens is 2. The highest BCUT2D eigenvalue weighted by molar-refractivity contribution is 7.89. The molecule has 0 saturated heterocycles. The number of nitrogens with zero attached hydrogens (tertiary/aromatic N) is 3. The number of amides is 1. The number of carbonyl (C=O) groups excluding carboxylic acids is 1. The number of aryl methyl sites for hydroxylation is 1. The Balaban J connectivity index is 1.80. The average molecular weight is 497 g/mol. The average Bonchev–Trinajstić information content (AvgIpc) is 3.68. The van der Waals surface area contributed by atoms with Gasteiger partial charge in [0.2, 0.25) is 10.0 Å². The summed E-state index contributed by atoms with van der Waals surface area (Å²) >= 11 is 0. The zero-order valence-electron chi connectivity index (χ0n) is 19.8. The van der Waals surface area contributed by atoms with Crippen LogP contribution < -0.4 is 20.8 Å². The summed E-state index contributed by atoms with van der Waals surface area (Å²) in [5.41, 5.74) is 8.04. The molecule has 1 aliphatic rings. The molecule has 2 heterocycles. The summed E-state index contributed by atoms with van der Waals surface area (Å²) in [6.45, 7) is 4.03. The lowest BCUT2D eigenvalue weighted by Gasteiger charge is -2.23. The number of rotatable bonds is 10. The van der Waals surface area contributed by atoms with Gasteiger partial charge in [0.05, 0.1) is 23.5 Å². The molecule has 2 aromatic heterocycles. The highest BCUT2D eigenvalue weighted by Gasteiger charge is 2.27. The smallest absolute Gasteiger partial charge is 0.252 e. The molecular weight excluding hydrogens is 468 g/mol. The minimum absolute atomic E-state index is 0.0835. The molecule has 10 nitrogen and oxygen atoms in total. The van der Waals surface area contributed by atoms with Gasteiger partial charge in [-0.3, -0.25) is 9.63 Å². The van der Waals surface area contributed by atoms with E-state index in [1.807, 2.05) is 32.0 Å². The second kappa shape index (κ2) is 9.98. The Labute approximate surface area is 204 Å². The lowest BCUT2D eigenvalue weighted by Crippen LogP contribution is -2.22. The van der Waals surface area contributed by atoms with Crippen molar-refractivity contribution in [2.75, 3.05) is 24.0 Å². The second-order valence-corrected chi connectivity index (χ2v) is 10.0. The Morgan fingerprint density at radius 2 is 1.94 bits per heavy atom. The van der Waals surface area contributed by atoms with Crippen LogP contribution in [0, 0.1) is 6.92 Å². The molecule has 1 fully saturated rings. The van der Waals surface area contributed by atoms with Crippen molar-refractivity contribution in [1.82, 2.24) is 14.7 Å². The highest BCUT2D eigenvalue weighted by Crippen LogP contribution is 2.42. The van der Waals surface area contributed by atoms with Gasteiger partial charge >= 0.3 is 0 Å². The molecule has 4 N–H and O–H groups in total. The van der Waals surface area contributed by atoms with Crippen molar-refractivity contribution in [3.05, 3.63) is 65.5 Å². The predicted molar refractivity (Wildman–Crippen MR) is 133 cm³/mol. The second-order valence-electron chi connectivity index (χ2n) is 8.16. The van der Waals surface area contributed by atoms with E-state index in [4.69, 9.17) is 10.6 Å². The monoisotopic (exact) mass is 496 g/mol. The van der Waals surface area contributed by atoms with Gasteiger partial charge in [0, 0.05) is 18.0 Å². The minimum atomic E-state index is -3.78. The van der Waals surface area contributed by atoms with E-state index in [2.05, 4.69) is 20.0 Å². The maximum atomic E-state index is 12.8. The van der Waals surface area contributed by atoms with Gasteiger partial charge in [0.15, 0.2) is 11.6 Å². The maximum Gasteiger partial charge on any atom is 0.252 e. The third-order valence-corrected chi connectivity index (χ3v) is 7.04. The first-order valence-electron chi connectivity index (χ1n) is 11.2. The molecule has 0 atom stereocenters. The number of anilines is 4. The van der Waals surface area contributed by atoms with Crippen molar-refractivity contribution in [2.45, 2.75) is 37.5 Å². The van der Waals surface area contributed by atoms with Gasteiger partial charge in [-0.15, -0.1) is 0 Å². The zero-order chi connectivity index (χ0) is 25.2. The number of nitrogens with two attached hydrogens (primary N) is 1. The van der Waals surface area contributed by atoms with Gasteiger partial charge in [-0.1, -0.05) is 12.1 Å². The van der Waals surface area contributed by atoms with Crippen LogP contribution in [-0.4, -0.2) is 37.9 Å². The summed E-state index contributed by atoms with van der Waals surface area (Å²) in [5, 5.41) is 4.54. The topological polar surface area (TPSA) is 140 Å². The number of carbonyl (C=O) groups is 1. The molecule has 35 heavy (non-hydrogen) atoms. The highest BCUT2D eigenvalue weighted by atomic mass is 32.2. The van der Waals surface area contributed by atoms with Crippen molar-refractivity contribution in [3.8, 4) is 0 Å². The largest absolute Gasteiger partial charge is 0.365 e. The van der Waals surface area contributed by atoms with Crippen LogP contribution in [0.4, 0.5) is 23.0 Å². The number of pyridine rings is 2. The van der Waals surface area contributed by atoms with E-state index in [1.165, 1.54) is 18.3 Å². The van der Waals surface area contributed by atoms with E-state index in [-0.39, 0.29) is 16.1 Å². The summed E-state index contributed by atoms with van der Waals surface area (Å²) in [5.74, 6) is 0.496. The predicted octanol–water partition coefficient (Wildman–Crippen LogP) is 3.50. The molecule has 4 rings (SSSR count). The Morgan fingerprint density at radius 1 is 1.17 bits per heavy atom. The van der Waals surface area contributed by atoms with Crippen LogP contribution in [0.2, 0.25) is 0 Å². The van der Waals surface area contributed by atoms with E-state index in [0.717, 1.165) is 24.1 Å². The number of hydrogen-bond donors (Lipinski definition) is 3. The van der Waals surface area contributed by atoms with Crippen LogP contribution in [0.5, 0.6) is 0 Å². The van der Waals surface area contributed by atoms with E-state index < -0.39 is 15.9 Å². The van der Waals surface area contributed by atoms with E-state index in [9.17, 15) is 13.2 Å². The van der Waals surface area contributed by atoms with Crippen molar-refractivity contribution in [1.29, 1.82) is 0 Å². The number of nitrogens with one attached hydrogen (secondary N) is 2. The molecule has 0 aliphatic heterocycles. The molecule has 1 amide bonds. The molecule has 3 aromatic rings. The van der Waals surface area contributed by atoms with Gasteiger partial charge in [0.1, 0.15) is 4.90 Å².